The number of aliphatic hydroxyl groups is 2. The molecule has 0 aromatic carbocycles. The Hall–Kier alpha value is -0.840. The maximum Gasteiger partial charge on any atom is 0.0865 e. The van der Waals surface area contributed by atoms with E-state index < -0.39 is 12.2 Å². The first-order valence-electron chi connectivity index (χ1n) is 11.5. The minimum Gasteiger partial charge on any atom is -0.390 e. The van der Waals surface area contributed by atoms with E-state index in [1.807, 2.05) is 13.8 Å². The van der Waals surface area contributed by atoms with Crippen molar-refractivity contribution in [2.45, 2.75) is 64.1 Å². The molecule has 8 N–H and O–H groups in total. The predicted molar refractivity (Wildman–Crippen MR) is 125 cm³/mol. The van der Waals surface area contributed by atoms with Gasteiger partial charge in [0.2, 0.25) is 0 Å². The van der Waals surface area contributed by atoms with Gasteiger partial charge in [-0.3, -0.25) is 20.4 Å². The van der Waals surface area contributed by atoms with Crippen LogP contribution in [0.15, 0.2) is 24.3 Å². The molecule has 30 heavy (non-hydrogen) atoms. The van der Waals surface area contributed by atoms with Crippen molar-refractivity contribution in [2.24, 2.45) is 11.5 Å². The molecule has 0 bridgehead atoms. The maximum atomic E-state index is 10.2. The second kappa shape index (κ2) is 16.8. The van der Waals surface area contributed by atoms with E-state index in [9.17, 15) is 10.2 Å². The van der Waals surface area contributed by atoms with Crippen LogP contribution in [0.1, 0.15) is 39.5 Å². The van der Waals surface area contributed by atoms with Crippen molar-refractivity contribution in [3.63, 3.8) is 0 Å². The van der Waals surface area contributed by atoms with Crippen molar-refractivity contribution in [1.29, 1.82) is 0 Å². The van der Waals surface area contributed by atoms with E-state index >= 15 is 0 Å². The van der Waals surface area contributed by atoms with Gasteiger partial charge in [-0.1, -0.05) is 24.3 Å². The smallest absolute Gasteiger partial charge is 0.0865 e. The fourth-order valence-corrected chi connectivity index (χ4v) is 3.75. The van der Waals surface area contributed by atoms with Gasteiger partial charge in [-0.05, 0) is 52.6 Å². The lowest BCUT2D eigenvalue weighted by atomic mass is 10.2. The molecule has 1 aliphatic rings. The van der Waals surface area contributed by atoms with Crippen molar-refractivity contribution in [3.05, 3.63) is 24.3 Å². The Labute approximate surface area is 183 Å². The van der Waals surface area contributed by atoms with E-state index in [0.29, 0.717) is 13.1 Å². The van der Waals surface area contributed by atoms with Gasteiger partial charge in [0.25, 0.3) is 0 Å². The van der Waals surface area contributed by atoms with Gasteiger partial charge in [-0.2, -0.15) is 0 Å². The number of allylic oxidation sites excluding steroid dienone is 2. The lowest BCUT2D eigenvalue weighted by Crippen LogP contribution is -2.63. The molecule has 0 aliphatic carbocycles. The van der Waals surface area contributed by atoms with E-state index in [0.717, 1.165) is 65.0 Å². The van der Waals surface area contributed by atoms with Gasteiger partial charge in [0.1, 0.15) is 0 Å². The molecule has 176 valence electrons. The topological polar surface area (TPSA) is 123 Å². The summed E-state index contributed by atoms with van der Waals surface area (Å²) < 4.78 is 0. The zero-order valence-corrected chi connectivity index (χ0v) is 19.0. The molecule has 0 radical (unpaired) electrons. The van der Waals surface area contributed by atoms with E-state index in [4.69, 9.17) is 11.5 Å². The lowest BCUT2D eigenvalue weighted by molar-refractivity contribution is -0.0238. The van der Waals surface area contributed by atoms with Gasteiger partial charge in [-0.15, -0.1) is 0 Å². The molecular weight excluding hydrogens is 380 g/mol. The SMILES string of the molecule is CC(O)C(NCC=CCCCN)N1CCN(C(NCC=CCCCN)C(C)O)CC1. The van der Waals surface area contributed by atoms with Crippen LogP contribution in [0.4, 0.5) is 0 Å². The summed E-state index contributed by atoms with van der Waals surface area (Å²) in [6, 6.07) is 0. The van der Waals surface area contributed by atoms with Crippen molar-refractivity contribution in [3.8, 4) is 0 Å². The normalized spacial score (nSPS) is 20.7. The lowest BCUT2D eigenvalue weighted by Gasteiger charge is -2.44. The number of nitrogens with two attached hydrogens (primary N) is 2. The van der Waals surface area contributed by atoms with Crippen LogP contribution in [0.2, 0.25) is 0 Å². The highest BCUT2D eigenvalue weighted by Crippen LogP contribution is 2.12. The highest BCUT2D eigenvalue weighted by molar-refractivity contribution is 4.90. The Bertz CT molecular complexity index is 423. The van der Waals surface area contributed by atoms with E-state index in [1.165, 1.54) is 0 Å². The zero-order valence-electron chi connectivity index (χ0n) is 19.0. The fourth-order valence-electron chi connectivity index (χ4n) is 3.75. The molecule has 1 heterocycles. The second-order valence-electron chi connectivity index (χ2n) is 8.06. The molecule has 0 aromatic rings. The first kappa shape index (κ1) is 27.2. The summed E-state index contributed by atoms with van der Waals surface area (Å²) in [5, 5.41) is 27.4. The molecule has 4 atom stereocenters. The molecule has 8 heteroatoms. The third-order valence-corrected chi connectivity index (χ3v) is 5.42. The van der Waals surface area contributed by atoms with Crippen LogP contribution in [0.3, 0.4) is 0 Å². The second-order valence-corrected chi connectivity index (χ2v) is 8.06. The summed E-state index contributed by atoms with van der Waals surface area (Å²) in [5.41, 5.74) is 11.0. The minimum absolute atomic E-state index is 0.0743. The van der Waals surface area contributed by atoms with Crippen molar-refractivity contribution in [2.75, 3.05) is 52.4 Å². The van der Waals surface area contributed by atoms with Crippen LogP contribution >= 0.6 is 0 Å². The number of nitrogens with one attached hydrogen (secondary N) is 2. The van der Waals surface area contributed by atoms with Gasteiger partial charge < -0.3 is 21.7 Å². The van der Waals surface area contributed by atoms with Crippen molar-refractivity contribution < 1.29 is 10.2 Å². The van der Waals surface area contributed by atoms with Crippen molar-refractivity contribution in [1.82, 2.24) is 20.4 Å². The summed E-state index contributed by atoms with van der Waals surface area (Å²) >= 11 is 0. The molecule has 4 unspecified atom stereocenters. The monoisotopic (exact) mass is 426 g/mol. The maximum absolute atomic E-state index is 10.2. The fraction of sp³-hybridized carbons (Fsp3) is 0.818. The quantitative estimate of drug-likeness (QED) is 0.148. The van der Waals surface area contributed by atoms with Gasteiger partial charge in [-0.25, -0.2) is 0 Å². The predicted octanol–water partition coefficient (Wildman–Crippen LogP) is -0.213. The standard InChI is InChI=1S/C22H46N6O2/c1-19(29)21(25-13-9-5-3-7-11-23)27-15-17-28(18-16-27)22(20(2)30)26-14-10-6-4-8-12-24/h5-6,9-10,19-22,25-26,29-30H,3-4,7-8,11-18,23-24H2,1-2H3. The molecule has 0 aromatic heterocycles. The molecule has 1 fully saturated rings. The Balaban J connectivity index is 2.46. The Morgan fingerprint density at radius 2 is 1.10 bits per heavy atom. The molecule has 1 saturated heterocycles. The van der Waals surface area contributed by atoms with Crippen LogP contribution in [0, 0.1) is 0 Å². The van der Waals surface area contributed by atoms with E-state index in [1.54, 1.807) is 0 Å². The molecule has 8 nitrogen and oxygen atoms in total. The average Bonchev–Trinajstić information content (AvgIpc) is 2.72. The zero-order chi connectivity index (χ0) is 22.2. The number of hydrogen-bond donors (Lipinski definition) is 6. The van der Waals surface area contributed by atoms with E-state index in [-0.39, 0.29) is 12.3 Å². The number of rotatable bonds is 16. The van der Waals surface area contributed by atoms with Gasteiger partial charge in [0.15, 0.2) is 0 Å². The Morgan fingerprint density at radius 1 is 0.733 bits per heavy atom. The Kier molecular flexibility index (Phi) is 15.2. The van der Waals surface area contributed by atoms with Crippen LogP contribution in [-0.4, -0.2) is 96.9 Å². The molecule has 1 aliphatic heterocycles. The third kappa shape index (κ3) is 11.0. The highest BCUT2D eigenvalue weighted by atomic mass is 16.3. The summed E-state index contributed by atoms with van der Waals surface area (Å²) in [5.74, 6) is 0. The number of hydrogen-bond acceptors (Lipinski definition) is 8. The number of nitrogens with zero attached hydrogens (tertiary/aromatic N) is 2. The van der Waals surface area contributed by atoms with E-state index in [2.05, 4.69) is 44.7 Å². The average molecular weight is 427 g/mol. The number of unbranched alkanes of at least 4 members (excludes halogenated alkanes) is 2. The minimum atomic E-state index is -0.460. The van der Waals surface area contributed by atoms with Crippen LogP contribution in [0.5, 0.6) is 0 Å². The molecule has 0 spiro atoms. The number of piperazine rings is 1. The Morgan fingerprint density at radius 3 is 1.40 bits per heavy atom. The largest absolute Gasteiger partial charge is 0.390 e. The van der Waals surface area contributed by atoms with Crippen LogP contribution < -0.4 is 22.1 Å². The highest BCUT2D eigenvalue weighted by Gasteiger charge is 2.30. The summed E-state index contributed by atoms with van der Waals surface area (Å²) in [7, 11) is 0. The summed E-state index contributed by atoms with van der Waals surface area (Å²) in [6.07, 6.45) is 11.4. The third-order valence-electron chi connectivity index (χ3n) is 5.42. The molecule has 0 amide bonds. The first-order chi connectivity index (χ1) is 14.5. The molecule has 0 saturated carbocycles. The molecular formula is C22H46N6O2. The molecule has 1 rings (SSSR count). The first-order valence-corrected chi connectivity index (χ1v) is 11.5. The van der Waals surface area contributed by atoms with Gasteiger partial charge >= 0.3 is 0 Å². The van der Waals surface area contributed by atoms with Crippen LogP contribution in [-0.2, 0) is 0 Å². The van der Waals surface area contributed by atoms with Gasteiger partial charge in [0.05, 0.1) is 24.5 Å². The summed E-state index contributed by atoms with van der Waals surface area (Å²) in [6.45, 7) is 9.93. The van der Waals surface area contributed by atoms with Crippen molar-refractivity contribution >= 4 is 0 Å². The summed E-state index contributed by atoms with van der Waals surface area (Å²) in [4.78, 5) is 4.58. The van der Waals surface area contributed by atoms with Crippen LogP contribution in [0.25, 0.3) is 0 Å². The number of aliphatic hydroxyl groups excluding tert-OH is 2. The van der Waals surface area contributed by atoms with Gasteiger partial charge in [0, 0.05) is 39.3 Å².